The van der Waals surface area contributed by atoms with E-state index < -0.39 is 28.1 Å². The molecule has 2 atom stereocenters. The molecule has 4 N–H and O–H groups in total. The van der Waals surface area contributed by atoms with E-state index in [4.69, 9.17) is 5.11 Å². The average molecular weight is 316 g/mol. The number of carbonyl (C=O) groups excluding carboxylic acids is 1. The van der Waals surface area contributed by atoms with Gasteiger partial charge in [-0.1, -0.05) is 0 Å². The van der Waals surface area contributed by atoms with Crippen LogP contribution < -0.4 is 10.0 Å². The highest BCUT2D eigenvalue weighted by molar-refractivity contribution is 7.89. The van der Waals surface area contributed by atoms with Gasteiger partial charge in [0.05, 0.1) is 11.0 Å². The van der Waals surface area contributed by atoms with Crippen molar-refractivity contribution in [1.82, 2.24) is 10.0 Å². The molecule has 0 unspecified atom stereocenters. The Hall–Kier alpha value is -1.97. The molecule has 8 nitrogen and oxygen atoms in total. The van der Waals surface area contributed by atoms with Crippen LogP contribution in [-0.2, 0) is 14.8 Å². The predicted octanol–water partition coefficient (Wildman–Crippen LogP) is -0.841. The summed E-state index contributed by atoms with van der Waals surface area (Å²) in [5, 5.41) is 20.5. The van der Waals surface area contributed by atoms with Crippen molar-refractivity contribution >= 4 is 21.9 Å². The summed E-state index contributed by atoms with van der Waals surface area (Å²) in [6.45, 7) is 1.16. The van der Waals surface area contributed by atoms with Crippen LogP contribution in [0.3, 0.4) is 0 Å². The number of hydrogen-bond donors (Lipinski definition) is 4. The topological polar surface area (TPSA) is 133 Å². The minimum Gasteiger partial charge on any atom is -0.480 e. The van der Waals surface area contributed by atoms with Gasteiger partial charge < -0.3 is 15.5 Å². The molecule has 0 aliphatic heterocycles. The fourth-order valence-corrected chi connectivity index (χ4v) is 2.78. The number of nitrogens with one attached hydrogen (secondary N) is 2. The van der Waals surface area contributed by atoms with E-state index in [2.05, 4.69) is 5.32 Å². The van der Waals surface area contributed by atoms with Crippen LogP contribution in [0.5, 0.6) is 0 Å². The maximum absolute atomic E-state index is 12.0. The first-order chi connectivity index (χ1) is 9.69. The smallest absolute Gasteiger partial charge is 0.324 e. The zero-order valence-corrected chi connectivity index (χ0v) is 12.2. The molecule has 116 valence electrons. The molecule has 9 heteroatoms. The van der Waals surface area contributed by atoms with Gasteiger partial charge in [0.1, 0.15) is 6.04 Å². The van der Waals surface area contributed by atoms with Gasteiger partial charge in [0.2, 0.25) is 10.0 Å². The van der Waals surface area contributed by atoms with Gasteiger partial charge in [0, 0.05) is 12.6 Å². The van der Waals surface area contributed by atoms with Crippen molar-refractivity contribution in [2.75, 3.05) is 7.05 Å². The molecule has 1 amide bonds. The minimum atomic E-state index is -4.12. The number of aliphatic hydroxyl groups excluding tert-OH is 1. The van der Waals surface area contributed by atoms with Gasteiger partial charge in [-0.2, -0.15) is 4.72 Å². The zero-order chi connectivity index (χ0) is 16.2. The molecule has 0 heterocycles. The van der Waals surface area contributed by atoms with Crippen LogP contribution in [0.25, 0.3) is 0 Å². The fraction of sp³-hybridized carbons (Fsp3) is 0.333. The van der Waals surface area contributed by atoms with Crippen molar-refractivity contribution in [2.24, 2.45) is 0 Å². The summed E-state index contributed by atoms with van der Waals surface area (Å²) < 4.78 is 25.9. The van der Waals surface area contributed by atoms with Gasteiger partial charge in [0.15, 0.2) is 0 Å². The highest BCUT2D eigenvalue weighted by Gasteiger charge is 2.29. The lowest BCUT2D eigenvalue weighted by Gasteiger charge is -2.17. The molecule has 0 fully saturated rings. The van der Waals surface area contributed by atoms with Crippen LogP contribution in [0, 0.1) is 0 Å². The summed E-state index contributed by atoms with van der Waals surface area (Å²) in [7, 11) is -2.68. The second-order valence-electron chi connectivity index (χ2n) is 4.28. The van der Waals surface area contributed by atoms with Gasteiger partial charge in [0.25, 0.3) is 5.91 Å². The van der Waals surface area contributed by atoms with E-state index >= 15 is 0 Å². The van der Waals surface area contributed by atoms with Crippen LogP contribution in [0.4, 0.5) is 0 Å². The Balaban J connectivity index is 3.03. The van der Waals surface area contributed by atoms with E-state index in [1.807, 2.05) is 4.72 Å². The Morgan fingerprint density at radius 3 is 2.10 bits per heavy atom. The van der Waals surface area contributed by atoms with Crippen LogP contribution in [0.2, 0.25) is 0 Å². The number of rotatable bonds is 6. The van der Waals surface area contributed by atoms with Crippen LogP contribution in [0.1, 0.15) is 17.3 Å². The van der Waals surface area contributed by atoms with Gasteiger partial charge in [-0.3, -0.25) is 9.59 Å². The normalized spacial score (nSPS) is 14.2. The maximum atomic E-state index is 12.0. The molecule has 1 rings (SSSR count). The monoisotopic (exact) mass is 316 g/mol. The first kappa shape index (κ1) is 17.1. The minimum absolute atomic E-state index is 0.206. The number of aliphatic hydroxyl groups is 1. The summed E-state index contributed by atoms with van der Waals surface area (Å²) in [4.78, 5) is 22.0. The Morgan fingerprint density at radius 2 is 1.71 bits per heavy atom. The molecule has 0 aliphatic rings. The number of benzene rings is 1. The summed E-state index contributed by atoms with van der Waals surface area (Å²) in [6.07, 6.45) is -1.40. The molecule has 0 saturated carbocycles. The molecule has 1 aromatic rings. The number of carbonyl (C=O) groups is 2. The van der Waals surface area contributed by atoms with Crippen LogP contribution in [-0.4, -0.2) is 49.7 Å². The molecule has 1 aromatic carbocycles. The first-order valence-corrected chi connectivity index (χ1v) is 7.42. The molecule has 21 heavy (non-hydrogen) atoms. The van der Waals surface area contributed by atoms with E-state index in [1.165, 1.54) is 31.3 Å². The quantitative estimate of drug-likeness (QED) is 0.541. The SMILES string of the molecule is CNC(=O)c1ccc(S(=O)(=O)N[C@H](C(=O)O)[C@@H](C)O)cc1. The molecule has 0 aliphatic carbocycles. The largest absolute Gasteiger partial charge is 0.480 e. The van der Waals surface area contributed by atoms with E-state index in [-0.39, 0.29) is 16.4 Å². The average Bonchev–Trinajstić information content (AvgIpc) is 2.43. The van der Waals surface area contributed by atoms with Gasteiger partial charge >= 0.3 is 5.97 Å². The van der Waals surface area contributed by atoms with E-state index in [0.29, 0.717) is 0 Å². The lowest BCUT2D eigenvalue weighted by atomic mass is 10.2. The lowest BCUT2D eigenvalue weighted by Crippen LogP contribution is -2.47. The third kappa shape index (κ3) is 4.25. The Labute approximate surface area is 121 Å². The zero-order valence-electron chi connectivity index (χ0n) is 11.4. The molecule has 0 spiro atoms. The van der Waals surface area contributed by atoms with Gasteiger partial charge in [-0.05, 0) is 31.2 Å². The lowest BCUT2D eigenvalue weighted by molar-refractivity contribution is -0.141. The highest BCUT2D eigenvalue weighted by atomic mass is 32.2. The second-order valence-corrected chi connectivity index (χ2v) is 6.00. The first-order valence-electron chi connectivity index (χ1n) is 5.94. The Morgan fingerprint density at radius 1 is 1.19 bits per heavy atom. The van der Waals surface area contributed by atoms with Crippen molar-refractivity contribution in [3.63, 3.8) is 0 Å². The molecule has 0 radical (unpaired) electrons. The fourth-order valence-electron chi connectivity index (χ4n) is 1.52. The number of carboxylic acids is 1. The third-order valence-corrected chi connectivity index (χ3v) is 4.14. The number of carboxylic acid groups (broad SMARTS) is 1. The van der Waals surface area contributed by atoms with Crippen molar-refractivity contribution in [3.8, 4) is 0 Å². The molecule has 0 aromatic heterocycles. The summed E-state index contributed by atoms with van der Waals surface area (Å²) in [6, 6.07) is 3.28. The highest BCUT2D eigenvalue weighted by Crippen LogP contribution is 2.12. The Kier molecular flexibility index (Phi) is 5.41. The summed E-state index contributed by atoms with van der Waals surface area (Å²) in [5.41, 5.74) is 0.266. The number of hydrogen-bond acceptors (Lipinski definition) is 5. The van der Waals surface area contributed by atoms with Crippen molar-refractivity contribution in [2.45, 2.75) is 24.0 Å². The van der Waals surface area contributed by atoms with Crippen molar-refractivity contribution in [3.05, 3.63) is 29.8 Å². The van der Waals surface area contributed by atoms with E-state index in [0.717, 1.165) is 6.92 Å². The maximum Gasteiger partial charge on any atom is 0.324 e. The van der Waals surface area contributed by atoms with E-state index in [1.54, 1.807) is 0 Å². The van der Waals surface area contributed by atoms with Crippen molar-refractivity contribution in [1.29, 1.82) is 0 Å². The number of amides is 1. The summed E-state index contributed by atoms with van der Waals surface area (Å²) >= 11 is 0. The summed E-state index contributed by atoms with van der Waals surface area (Å²) in [5.74, 6) is -1.87. The number of aliphatic carboxylic acids is 1. The third-order valence-electron chi connectivity index (χ3n) is 2.68. The second kappa shape index (κ2) is 6.66. The van der Waals surface area contributed by atoms with Crippen LogP contribution in [0.15, 0.2) is 29.2 Å². The number of sulfonamides is 1. The van der Waals surface area contributed by atoms with Crippen LogP contribution >= 0.6 is 0 Å². The van der Waals surface area contributed by atoms with Gasteiger partial charge in [-0.15, -0.1) is 0 Å². The molecule has 0 saturated heterocycles. The Bertz CT molecular complexity index is 624. The van der Waals surface area contributed by atoms with Crippen molar-refractivity contribution < 1.29 is 28.2 Å². The predicted molar refractivity (Wildman–Crippen MR) is 73.3 cm³/mol. The standard InChI is InChI=1S/C12H16N2O6S/c1-7(15)10(12(17)18)14-21(19,20)9-5-3-8(4-6-9)11(16)13-2/h3-7,10,14-15H,1-2H3,(H,13,16)(H,17,18)/t7-,10+/m1/s1. The molecule has 0 bridgehead atoms. The van der Waals surface area contributed by atoms with E-state index in [9.17, 15) is 23.1 Å². The molecular weight excluding hydrogens is 300 g/mol. The van der Waals surface area contributed by atoms with Gasteiger partial charge in [-0.25, -0.2) is 8.42 Å². The molecular formula is C12H16N2O6S.